The molecule has 28 heavy (non-hydrogen) atoms. The molecule has 1 aliphatic rings. The number of benzene rings is 1. The summed E-state index contributed by atoms with van der Waals surface area (Å²) in [6.45, 7) is 12.1. The molecule has 2 atom stereocenters. The third-order valence-electron chi connectivity index (χ3n) is 5.04. The fourth-order valence-electron chi connectivity index (χ4n) is 3.52. The molecule has 3 rings (SSSR count). The van der Waals surface area contributed by atoms with Crippen LogP contribution in [-0.2, 0) is 11.3 Å². The van der Waals surface area contributed by atoms with Crippen LogP contribution in [0.2, 0.25) is 0 Å². The van der Waals surface area contributed by atoms with E-state index in [-0.39, 0.29) is 18.5 Å². The number of aryl methyl sites for hydroxylation is 3. The number of aliphatic hydroxyl groups is 1. The summed E-state index contributed by atoms with van der Waals surface area (Å²) in [5, 5.41) is 14.8. The van der Waals surface area contributed by atoms with E-state index in [1.165, 1.54) is 11.1 Å². The monoisotopic (exact) mass is 409 g/mol. The molecule has 0 bridgehead atoms. The lowest BCUT2D eigenvalue weighted by Gasteiger charge is -2.34. The average Bonchev–Trinajstić information content (AvgIpc) is 3.02. The van der Waals surface area contributed by atoms with Crippen molar-refractivity contribution in [3.8, 4) is 5.75 Å². The Kier molecular flexibility index (Phi) is 8.31. The first-order valence-electron chi connectivity index (χ1n) is 9.62. The van der Waals surface area contributed by atoms with Gasteiger partial charge in [0, 0.05) is 25.8 Å². The molecule has 1 N–H and O–H groups in total. The normalized spacial score (nSPS) is 18.5. The van der Waals surface area contributed by atoms with Gasteiger partial charge >= 0.3 is 0 Å². The molecular weight excluding hydrogens is 378 g/mol. The lowest BCUT2D eigenvalue weighted by molar-refractivity contribution is -0.0517. The highest BCUT2D eigenvalue weighted by molar-refractivity contribution is 5.85. The van der Waals surface area contributed by atoms with Crippen molar-refractivity contribution in [1.82, 2.24) is 14.7 Å². The molecule has 0 aliphatic carbocycles. The average molecular weight is 410 g/mol. The molecule has 1 fully saturated rings. The standard InChI is InChI=1S/C21H31N3O3.ClH/c1-15-7-17(3)18(4)21(8-15)27-14-19(25)11-23-5-6-26-20(12-23)13-24-10-16(2)9-22-24;/h7-10,19-20,25H,5-6,11-14H2,1-4H3;1H. The van der Waals surface area contributed by atoms with E-state index >= 15 is 0 Å². The minimum atomic E-state index is -0.532. The fraction of sp³-hybridized carbons (Fsp3) is 0.571. The third kappa shape index (κ3) is 6.21. The quantitative estimate of drug-likeness (QED) is 0.761. The number of aromatic nitrogens is 2. The smallest absolute Gasteiger partial charge is 0.122 e. The molecule has 1 aromatic heterocycles. The Hall–Kier alpha value is -1.60. The summed E-state index contributed by atoms with van der Waals surface area (Å²) in [6.07, 6.45) is 3.44. The van der Waals surface area contributed by atoms with Gasteiger partial charge in [0.25, 0.3) is 0 Å². The Balaban J connectivity index is 0.00000280. The predicted octanol–water partition coefficient (Wildman–Crippen LogP) is 2.68. The summed E-state index contributed by atoms with van der Waals surface area (Å²) in [5.41, 5.74) is 4.67. The number of β-amino-alcohol motifs (C(OH)–C–C–N with tert-alkyl or cyclic N) is 1. The maximum atomic E-state index is 10.4. The van der Waals surface area contributed by atoms with Gasteiger partial charge in [0.1, 0.15) is 18.5 Å². The topological polar surface area (TPSA) is 59.8 Å². The van der Waals surface area contributed by atoms with E-state index in [1.807, 2.05) is 30.1 Å². The van der Waals surface area contributed by atoms with E-state index < -0.39 is 6.10 Å². The van der Waals surface area contributed by atoms with E-state index in [2.05, 4.69) is 36.8 Å². The molecule has 2 heterocycles. The van der Waals surface area contributed by atoms with Crippen LogP contribution in [0.4, 0.5) is 0 Å². The van der Waals surface area contributed by atoms with Crippen LogP contribution in [0, 0.1) is 27.7 Å². The molecule has 2 aromatic rings. The Labute approximate surface area is 173 Å². The maximum absolute atomic E-state index is 10.4. The van der Waals surface area contributed by atoms with Gasteiger partial charge in [0.05, 0.1) is 25.5 Å². The van der Waals surface area contributed by atoms with Crippen molar-refractivity contribution in [2.45, 2.75) is 46.4 Å². The molecule has 0 amide bonds. The Bertz CT molecular complexity index is 765. The number of hydrogen-bond donors (Lipinski definition) is 1. The first-order chi connectivity index (χ1) is 12.9. The van der Waals surface area contributed by atoms with Crippen LogP contribution in [0.1, 0.15) is 22.3 Å². The summed E-state index contributed by atoms with van der Waals surface area (Å²) in [6, 6.07) is 4.18. The van der Waals surface area contributed by atoms with E-state index in [0.29, 0.717) is 19.8 Å². The van der Waals surface area contributed by atoms with Crippen molar-refractivity contribution < 1.29 is 14.6 Å². The molecule has 0 radical (unpaired) electrons. The molecule has 2 unspecified atom stereocenters. The molecule has 1 saturated heterocycles. The molecule has 6 nitrogen and oxygen atoms in total. The second kappa shape index (κ2) is 10.3. The highest BCUT2D eigenvalue weighted by atomic mass is 35.5. The van der Waals surface area contributed by atoms with Crippen molar-refractivity contribution in [2.24, 2.45) is 0 Å². The number of rotatable bonds is 7. The number of aliphatic hydroxyl groups excluding tert-OH is 1. The van der Waals surface area contributed by atoms with Crippen molar-refractivity contribution in [2.75, 3.05) is 32.8 Å². The Morgan fingerprint density at radius 3 is 2.75 bits per heavy atom. The van der Waals surface area contributed by atoms with Crippen LogP contribution >= 0.6 is 12.4 Å². The highest BCUT2D eigenvalue weighted by Crippen LogP contribution is 2.23. The zero-order valence-electron chi connectivity index (χ0n) is 17.2. The highest BCUT2D eigenvalue weighted by Gasteiger charge is 2.23. The first kappa shape index (κ1) is 22.7. The van der Waals surface area contributed by atoms with Gasteiger partial charge in [-0.3, -0.25) is 9.58 Å². The van der Waals surface area contributed by atoms with Crippen molar-refractivity contribution >= 4 is 12.4 Å². The summed E-state index contributed by atoms with van der Waals surface area (Å²) in [4.78, 5) is 2.24. The molecular formula is C21H32ClN3O3. The van der Waals surface area contributed by atoms with Gasteiger partial charge in [-0.1, -0.05) is 6.07 Å². The van der Waals surface area contributed by atoms with E-state index in [4.69, 9.17) is 9.47 Å². The van der Waals surface area contributed by atoms with E-state index in [9.17, 15) is 5.11 Å². The summed E-state index contributed by atoms with van der Waals surface area (Å²) < 4.78 is 13.7. The molecule has 0 saturated carbocycles. The van der Waals surface area contributed by atoms with Crippen LogP contribution in [0.3, 0.4) is 0 Å². The largest absolute Gasteiger partial charge is 0.491 e. The fourth-order valence-corrected chi connectivity index (χ4v) is 3.52. The van der Waals surface area contributed by atoms with E-state index in [1.54, 1.807) is 0 Å². The van der Waals surface area contributed by atoms with Crippen molar-refractivity contribution in [3.05, 3.63) is 46.8 Å². The molecule has 7 heteroatoms. The maximum Gasteiger partial charge on any atom is 0.122 e. The minimum Gasteiger partial charge on any atom is -0.491 e. The van der Waals surface area contributed by atoms with Gasteiger partial charge in [-0.15, -0.1) is 12.4 Å². The lowest BCUT2D eigenvalue weighted by atomic mass is 10.1. The SMILES string of the molecule is Cc1cc(C)c(C)c(OCC(O)CN2CCOC(Cn3cc(C)cn3)C2)c1.Cl. The Morgan fingerprint density at radius 1 is 1.25 bits per heavy atom. The van der Waals surface area contributed by atoms with Gasteiger partial charge in [0.2, 0.25) is 0 Å². The first-order valence-corrected chi connectivity index (χ1v) is 9.62. The van der Waals surface area contributed by atoms with Crippen LogP contribution in [0.5, 0.6) is 5.75 Å². The second-order valence-corrected chi connectivity index (χ2v) is 7.66. The van der Waals surface area contributed by atoms with E-state index in [0.717, 1.165) is 36.5 Å². The number of halogens is 1. The van der Waals surface area contributed by atoms with Gasteiger partial charge in [0.15, 0.2) is 0 Å². The number of morpholine rings is 1. The summed E-state index contributed by atoms with van der Waals surface area (Å²) in [5.74, 6) is 0.862. The van der Waals surface area contributed by atoms with Gasteiger partial charge in [-0.05, 0) is 56.0 Å². The third-order valence-corrected chi connectivity index (χ3v) is 5.04. The number of hydrogen-bond acceptors (Lipinski definition) is 5. The number of ether oxygens (including phenoxy) is 2. The van der Waals surface area contributed by atoms with Gasteiger partial charge < -0.3 is 14.6 Å². The molecule has 1 aliphatic heterocycles. The number of nitrogens with zero attached hydrogens (tertiary/aromatic N) is 3. The zero-order chi connectivity index (χ0) is 19.4. The van der Waals surface area contributed by atoms with Crippen LogP contribution in [-0.4, -0.2) is 64.8 Å². The molecule has 0 spiro atoms. The second-order valence-electron chi connectivity index (χ2n) is 7.66. The van der Waals surface area contributed by atoms with Crippen LogP contribution < -0.4 is 4.74 Å². The summed E-state index contributed by atoms with van der Waals surface area (Å²) in [7, 11) is 0. The van der Waals surface area contributed by atoms with Crippen molar-refractivity contribution in [1.29, 1.82) is 0 Å². The molecule has 1 aromatic carbocycles. The minimum absolute atomic E-state index is 0. The zero-order valence-corrected chi connectivity index (χ0v) is 18.0. The lowest BCUT2D eigenvalue weighted by Crippen LogP contribution is -2.47. The van der Waals surface area contributed by atoms with Gasteiger partial charge in [-0.25, -0.2) is 0 Å². The van der Waals surface area contributed by atoms with Crippen LogP contribution in [0.25, 0.3) is 0 Å². The summed E-state index contributed by atoms with van der Waals surface area (Å²) >= 11 is 0. The van der Waals surface area contributed by atoms with Gasteiger partial charge in [-0.2, -0.15) is 5.10 Å². The molecule has 156 valence electrons. The predicted molar refractivity (Wildman–Crippen MR) is 113 cm³/mol. The van der Waals surface area contributed by atoms with Crippen molar-refractivity contribution in [3.63, 3.8) is 0 Å². The van der Waals surface area contributed by atoms with Crippen LogP contribution in [0.15, 0.2) is 24.5 Å². The Morgan fingerprint density at radius 2 is 2.04 bits per heavy atom.